The molecule has 2 atom stereocenters. The summed E-state index contributed by atoms with van der Waals surface area (Å²) in [6.45, 7) is 5.51. The van der Waals surface area contributed by atoms with Crippen molar-refractivity contribution in [3.63, 3.8) is 0 Å². The van der Waals surface area contributed by atoms with E-state index in [0.717, 1.165) is 150 Å². The van der Waals surface area contributed by atoms with Gasteiger partial charge < -0.3 is 50.0 Å². The number of likely N-dealkylation sites (N-methyl/N-ethyl adjacent to an activating group) is 2. The number of aliphatic hydroxyl groups is 1. The van der Waals surface area contributed by atoms with E-state index < -0.39 is 6.10 Å². The molecule has 0 saturated carbocycles. The zero-order chi connectivity index (χ0) is 66.9. The molecular weight excluding hydrogens is 1200 g/mol. The average Bonchev–Trinajstić information content (AvgIpc) is 1.06. The number of nitrogens with one attached hydrogen (secondary N) is 3. The van der Waals surface area contributed by atoms with Gasteiger partial charge in [-0.05, 0) is 200 Å². The van der Waals surface area contributed by atoms with E-state index in [9.17, 15) is 24.3 Å². The van der Waals surface area contributed by atoms with E-state index in [1.54, 1.807) is 36.3 Å². The van der Waals surface area contributed by atoms with Crippen LogP contribution >= 0.6 is 0 Å². The number of likely N-dealkylation sites (tertiary alicyclic amines) is 1. The Morgan fingerprint density at radius 3 is 1.33 bits per heavy atom. The molecule has 0 radical (unpaired) electrons. The highest BCUT2D eigenvalue weighted by atomic mass is 16.6. The number of nitrogens with zero attached hydrogens (tertiary/aromatic N) is 5. The van der Waals surface area contributed by atoms with Gasteiger partial charge in [0.1, 0.15) is 36.9 Å². The smallest absolute Gasteiger partial charge is 0.239 e. The largest absolute Gasteiger partial charge is 0.490 e. The van der Waals surface area contributed by atoms with Crippen LogP contribution < -0.4 is 25.4 Å². The quantitative estimate of drug-likeness (QED) is 0.0292. The number of aryl methyl sites for hydroxylation is 4. The zero-order valence-corrected chi connectivity index (χ0v) is 56.4. The lowest BCUT2D eigenvalue weighted by molar-refractivity contribution is -0.139. The van der Waals surface area contributed by atoms with Crippen molar-refractivity contribution >= 4 is 45.4 Å². The molecule has 4 amide bonds. The van der Waals surface area contributed by atoms with E-state index in [1.165, 1.54) is 22.3 Å². The van der Waals surface area contributed by atoms with Crippen LogP contribution in [0.25, 0.3) is 21.8 Å². The fourth-order valence-electron chi connectivity index (χ4n) is 12.8. The number of rotatable bonds is 32. The third kappa shape index (κ3) is 24.9. The first-order valence-electron chi connectivity index (χ1n) is 34.9. The Bertz CT molecular complexity index is 3470. The van der Waals surface area contributed by atoms with Gasteiger partial charge in [0, 0.05) is 67.7 Å². The third-order valence-corrected chi connectivity index (χ3v) is 18.3. The van der Waals surface area contributed by atoms with Crippen LogP contribution in [0.5, 0.6) is 11.5 Å². The first kappa shape index (κ1) is 71.7. The highest BCUT2D eigenvalue weighted by Crippen LogP contribution is 2.27. The van der Waals surface area contributed by atoms with Crippen molar-refractivity contribution in [2.45, 2.75) is 127 Å². The molecule has 3 fully saturated rings. The number of benzene rings is 6. The number of carbonyl (C=O) groups excluding carboxylic acids is 4. The summed E-state index contributed by atoms with van der Waals surface area (Å²) in [7, 11) is 3.49. The lowest BCUT2D eigenvalue weighted by atomic mass is 9.95. The van der Waals surface area contributed by atoms with Gasteiger partial charge in [-0.3, -0.25) is 29.1 Å². The molecule has 5 heterocycles. The van der Waals surface area contributed by atoms with Crippen LogP contribution in [0, 0.1) is 11.8 Å². The fourth-order valence-corrected chi connectivity index (χ4v) is 12.8. The maximum Gasteiger partial charge on any atom is 0.239 e. The molecule has 0 unspecified atom stereocenters. The van der Waals surface area contributed by atoms with Crippen LogP contribution in [0.3, 0.4) is 0 Å². The normalized spacial score (nSPS) is 15.2. The summed E-state index contributed by atoms with van der Waals surface area (Å²) in [5.41, 5.74) is 7.11. The molecule has 508 valence electrons. The average molecular weight is 1300 g/mol. The molecule has 3 aliphatic rings. The summed E-state index contributed by atoms with van der Waals surface area (Å²) >= 11 is 0. The molecule has 16 nitrogen and oxygen atoms in total. The van der Waals surface area contributed by atoms with Gasteiger partial charge in [0.15, 0.2) is 0 Å². The monoisotopic (exact) mass is 1300 g/mol. The van der Waals surface area contributed by atoms with E-state index in [4.69, 9.17) is 14.2 Å². The predicted molar refractivity (Wildman–Crippen MR) is 382 cm³/mol. The van der Waals surface area contributed by atoms with E-state index in [-0.39, 0.29) is 73.3 Å². The number of aliphatic hydroxyl groups excluding tert-OH is 1. The molecule has 8 aromatic rings. The first-order valence-corrected chi connectivity index (χ1v) is 34.9. The molecule has 0 aliphatic carbocycles. The number of ether oxygens (including phenoxy) is 3. The summed E-state index contributed by atoms with van der Waals surface area (Å²) in [6.07, 6.45) is 18.0. The highest BCUT2D eigenvalue weighted by molar-refractivity contribution is 5.87. The van der Waals surface area contributed by atoms with E-state index in [1.807, 2.05) is 84.9 Å². The summed E-state index contributed by atoms with van der Waals surface area (Å²) in [5, 5.41) is 22.4. The summed E-state index contributed by atoms with van der Waals surface area (Å²) in [5.74, 6) is 1.47. The molecule has 11 rings (SSSR count). The zero-order valence-electron chi connectivity index (χ0n) is 56.4. The second-order valence-electron chi connectivity index (χ2n) is 25.9. The molecule has 3 aliphatic heterocycles. The lowest BCUT2D eigenvalue weighted by Crippen LogP contribution is -2.47. The Morgan fingerprint density at radius 1 is 0.531 bits per heavy atom. The van der Waals surface area contributed by atoms with E-state index in [2.05, 4.69) is 128 Å². The number of hydrogen-bond donors (Lipinski definition) is 4. The first-order chi connectivity index (χ1) is 47.0. The van der Waals surface area contributed by atoms with Gasteiger partial charge in [-0.2, -0.15) is 0 Å². The second-order valence-corrected chi connectivity index (χ2v) is 25.9. The van der Waals surface area contributed by atoms with Crippen molar-refractivity contribution < 1.29 is 38.5 Å². The Hall–Kier alpha value is -8.54. The van der Waals surface area contributed by atoms with Gasteiger partial charge in [-0.15, -0.1) is 0 Å². The molecule has 2 aromatic heterocycles. The van der Waals surface area contributed by atoms with Crippen molar-refractivity contribution in [1.29, 1.82) is 0 Å². The van der Waals surface area contributed by atoms with Gasteiger partial charge in [0.2, 0.25) is 23.6 Å². The molecule has 0 spiro atoms. The maximum absolute atomic E-state index is 13.3. The van der Waals surface area contributed by atoms with Crippen molar-refractivity contribution in [3.8, 4) is 11.5 Å². The molecule has 3 saturated heterocycles. The number of amides is 4. The van der Waals surface area contributed by atoms with Crippen molar-refractivity contribution in [2.24, 2.45) is 11.8 Å². The topological polar surface area (TPSA) is 191 Å². The molecule has 96 heavy (non-hydrogen) atoms. The fraction of sp³-hybridized carbons (Fsp3) is 0.425. The molecule has 4 N–H and O–H groups in total. The lowest BCUT2D eigenvalue weighted by Gasteiger charge is -2.34. The van der Waals surface area contributed by atoms with Gasteiger partial charge in [0.25, 0.3) is 0 Å². The van der Waals surface area contributed by atoms with E-state index >= 15 is 0 Å². The van der Waals surface area contributed by atoms with Crippen LogP contribution in [0.15, 0.2) is 194 Å². The number of β-amino-alcohol motifs (C(OH)–C–C–N with tert-alkyl or cyclic N) is 1. The molecule has 16 heteroatoms. The van der Waals surface area contributed by atoms with Gasteiger partial charge in [-0.25, -0.2) is 0 Å². The minimum absolute atomic E-state index is 0.0166. The third-order valence-electron chi connectivity index (χ3n) is 18.3. The van der Waals surface area contributed by atoms with Crippen LogP contribution in [-0.2, 0) is 49.6 Å². The van der Waals surface area contributed by atoms with Crippen LogP contribution in [0.4, 0.5) is 0 Å². The Kier molecular flexibility index (Phi) is 29.5. The van der Waals surface area contributed by atoms with E-state index in [0.29, 0.717) is 31.7 Å². The van der Waals surface area contributed by atoms with Gasteiger partial charge in [-0.1, -0.05) is 133 Å². The number of fused-ring (bicyclic) bond motifs is 2. The Morgan fingerprint density at radius 2 is 0.927 bits per heavy atom. The minimum Gasteiger partial charge on any atom is -0.490 e. The number of pyridine rings is 2. The summed E-state index contributed by atoms with van der Waals surface area (Å²) in [4.78, 5) is 66.0. The van der Waals surface area contributed by atoms with Crippen LogP contribution in [0.2, 0.25) is 0 Å². The highest BCUT2D eigenvalue weighted by Gasteiger charge is 2.30. The van der Waals surface area contributed by atoms with Crippen molar-refractivity contribution in [1.82, 2.24) is 40.6 Å². The van der Waals surface area contributed by atoms with Gasteiger partial charge in [0.05, 0.1) is 30.7 Å². The molecule has 6 aromatic carbocycles. The number of epoxide rings is 1. The number of hydrogen-bond acceptors (Lipinski definition) is 12. The van der Waals surface area contributed by atoms with Gasteiger partial charge >= 0.3 is 0 Å². The number of piperidine rings is 2. The number of carbonyl (C=O) groups is 4. The molecule has 0 bridgehead atoms. The second kappa shape index (κ2) is 39.5. The number of aromatic nitrogens is 2. The predicted octanol–water partition coefficient (Wildman–Crippen LogP) is 11.7. The maximum atomic E-state index is 13.3. The van der Waals surface area contributed by atoms with Crippen LogP contribution in [-0.4, -0.2) is 157 Å². The summed E-state index contributed by atoms with van der Waals surface area (Å²) < 4.78 is 16.7. The molecular formula is C80H100N8O8. The van der Waals surface area contributed by atoms with Crippen LogP contribution in [0.1, 0.15) is 99.3 Å². The SMILES string of the molecule is CN(CC(=O)NC(CCCc1ccccc1)CCCc1ccccc1)C(=O)C1CCN(C[C@@H](O)COc2cccc3ncccc23)CC1.CN(CC(=O)NC(CCCc1ccccc1)CCCc1ccccc1)C(=O)C1CCNCC1.c1cc(OC[C@H]2CO2)c2cccnc2c1. The standard InChI is InChI=1S/C40H50N4O4.C28H39N3O2.C12H11NO2/c1-43(29-39(46)42-34(18-8-16-31-12-4-2-5-13-31)19-9-17-32-14-6-3-7-15-32)40(47)33-23-26-44(27-24-33)28-35(45)30-48-38-22-10-21-37-36(38)20-11-25-41-37;1-31(28(33)25-18-20-29-21-19-25)22-27(32)30-26(16-8-14-23-10-4-2-5-11-23)17-9-15-24-12-6-3-7-13-24;1-4-11-10(3-2-6-13-11)12(5-1)15-8-9-7-14-9/h2-7,10-15,20-22,25,33-35,45H,8-9,16-19,23-24,26-30H2,1H3,(H,42,46);2-7,10-13,25-26,29H,8-9,14-22H2,1H3,(H,30,32);1-6,9H,7-8H2/t35-;;9-/m1.1/s1. The summed E-state index contributed by atoms with van der Waals surface area (Å²) in [6, 6.07) is 61.5. The van der Waals surface area contributed by atoms with Crippen molar-refractivity contribution in [3.05, 3.63) is 217 Å². The minimum atomic E-state index is -0.649. The van der Waals surface area contributed by atoms with Crippen molar-refractivity contribution in [2.75, 3.05) is 79.7 Å². The Balaban J connectivity index is 0.000000192. The Labute approximate surface area is 568 Å².